The van der Waals surface area contributed by atoms with E-state index in [1.165, 1.54) is 0 Å². The molecule has 0 saturated carbocycles. The Balaban J connectivity index is 3.62. The van der Waals surface area contributed by atoms with Crippen LogP contribution in [-0.4, -0.2) is 29.7 Å². The van der Waals surface area contributed by atoms with E-state index in [1.807, 2.05) is 6.92 Å². The van der Waals surface area contributed by atoms with Gasteiger partial charge in [-0.2, -0.15) is 0 Å². The lowest BCUT2D eigenvalue weighted by Crippen LogP contribution is -2.32. The first kappa shape index (κ1) is 11.9. The number of aliphatic carboxylic acids is 1. The number of carboxylic acid groups (broad SMARTS) is 1. The van der Waals surface area contributed by atoms with E-state index in [0.29, 0.717) is 6.61 Å². The largest absolute Gasteiger partial charge is 0.481 e. The molecule has 0 spiro atoms. The molecule has 1 atom stereocenters. The molecule has 0 radical (unpaired) electrons. The lowest BCUT2D eigenvalue weighted by Gasteiger charge is -2.08. The molecular weight excluding hydrogens is 174 g/mol. The van der Waals surface area contributed by atoms with Crippen LogP contribution in [-0.2, 0) is 14.3 Å². The highest BCUT2D eigenvalue weighted by Crippen LogP contribution is 1.97. The van der Waals surface area contributed by atoms with Crippen molar-refractivity contribution < 1.29 is 19.4 Å². The number of nitrogens with two attached hydrogens (primary N) is 1. The molecule has 0 rings (SSSR count). The first-order valence-corrected chi connectivity index (χ1v) is 4.22. The summed E-state index contributed by atoms with van der Waals surface area (Å²) in [5.74, 6) is -1.48. The van der Waals surface area contributed by atoms with Crippen LogP contribution in [0, 0.1) is 0 Å². The van der Waals surface area contributed by atoms with Crippen molar-refractivity contribution in [1.82, 2.24) is 0 Å². The van der Waals surface area contributed by atoms with E-state index >= 15 is 0 Å². The third-order valence-corrected chi connectivity index (χ3v) is 1.42. The van der Waals surface area contributed by atoms with Crippen molar-refractivity contribution in [2.45, 2.75) is 32.2 Å². The van der Waals surface area contributed by atoms with Crippen LogP contribution in [0.5, 0.6) is 0 Å². The highest BCUT2D eigenvalue weighted by molar-refractivity contribution is 5.76. The molecule has 0 bridgehead atoms. The summed E-state index contributed by atoms with van der Waals surface area (Å²) in [5, 5.41) is 8.31. The molecule has 0 aromatic carbocycles. The van der Waals surface area contributed by atoms with Crippen LogP contribution >= 0.6 is 0 Å². The van der Waals surface area contributed by atoms with Crippen LogP contribution in [0.25, 0.3) is 0 Å². The Labute approximate surface area is 76.9 Å². The molecule has 0 aromatic rings. The summed E-state index contributed by atoms with van der Waals surface area (Å²) in [4.78, 5) is 21.1. The van der Waals surface area contributed by atoms with Crippen LogP contribution < -0.4 is 5.73 Å². The number of hydrogen-bond donors (Lipinski definition) is 2. The molecule has 0 aromatic heterocycles. The molecule has 0 fully saturated rings. The van der Waals surface area contributed by atoms with Gasteiger partial charge in [-0.15, -0.1) is 0 Å². The molecule has 0 saturated heterocycles. The van der Waals surface area contributed by atoms with E-state index < -0.39 is 18.0 Å². The summed E-state index contributed by atoms with van der Waals surface area (Å²) in [5.41, 5.74) is 5.37. The lowest BCUT2D eigenvalue weighted by molar-refractivity contribution is -0.145. The molecule has 5 nitrogen and oxygen atoms in total. The van der Waals surface area contributed by atoms with Crippen LogP contribution in [0.15, 0.2) is 0 Å². The fraction of sp³-hybridized carbons (Fsp3) is 0.750. The van der Waals surface area contributed by atoms with Crippen molar-refractivity contribution in [2.75, 3.05) is 6.61 Å². The topological polar surface area (TPSA) is 89.6 Å². The quantitative estimate of drug-likeness (QED) is 0.580. The summed E-state index contributed by atoms with van der Waals surface area (Å²) in [6.45, 7) is 2.20. The van der Waals surface area contributed by atoms with Gasteiger partial charge in [0, 0.05) is 6.42 Å². The molecule has 0 unspecified atom stereocenters. The first-order chi connectivity index (χ1) is 6.07. The minimum atomic E-state index is -0.959. The second-order valence-electron chi connectivity index (χ2n) is 2.71. The minimum Gasteiger partial charge on any atom is -0.481 e. The summed E-state index contributed by atoms with van der Waals surface area (Å²) in [6.07, 6.45) is 0.748. The molecule has 76 valence electrons. The molecule has 0 aliphatic carbocycles. The first-order valence-electron chi connectivity index (χ1n) is 4.22. The monoisotopic (exact) mass is 189 g/mol. The summed E-state index contributed by atoms with van der Waals surface area (Å²) in [6, 6.07) is -0.817. The van der Waals surface area contributed by atoms with Gasteiger partial charge in [0.2, 0.25) is 0 Å². The highest BCUT2D eigenvalue weighted by atomic mass is 16.5. The molecular formula is C8H15NO4. The maximum atomic E-state index is 11.0. The number of carbonyl (C=O) groups excluding carboxylic acids is 1. The van der Waals surface area contributed by atoms with E-state index in [1.54, 1.807) is 0 Å². The van der Waals surface area contributed by atoms with Crippen molar-refractivity contribution in [1.29, 1.82) is 0 Å². The van der Waals surface area contributed by atoms with E-state index in [0.717, 1.165) is 6.42 Å². The predicted molar refractivity (Wildman–Crippen MR) is 46.1 cm³/mol. The molecule has 0 aliphatic rings. The molecule has 0 heterocycles. The van der Waals surface area contributed by atoms with Crippen molar-refractivity contribution in [3.05, 3.63) is 0 Å². The Morgan fingerprint density at radius 3 is 2.62 bits per heavy atom. The van der Waals surface area contributed by atoms with E-state index in [4.69, 9.17) is 15.6 Å². The maximum Gasteiger partial charge on any atom is 0.322 e. The standard InChI is InChI=1S/C8H15NO4/c1-2-5-13-8(12)6(9)3-4-7(10)11/h6H,2-5,9H2,1H3,(H,10,11)/t6-/m0/s1. The second kappa shape index (κ2) is 6.42. The average Bonchev–Trinajstić information content (AvgIpc) is 2.10. The number of carboxylic acids is 1. The lowest BCUT2D eigenvalue weighted by atomic mass is 10.2. The van der Waals surface area contributed by atoms with Crippen molar-refractivity contribution >= 4 is 11.9 Å². The fourth-order valence-corrected chi connectivity index (χ4v) is 0.707. The van der Waals surface area contributed by atoms with Gasteiger partial charge in [0.15, 0.2) is 0 Å². The van der Waals surface area contributed by atoms with Gasteiger partial charge in [0.1, 0.15) is 6.04 Å². The molecule has 0 amide bonds. The van der Waals surface area contributed by atoms with E-state index in [-0.39, 0.29) is 12.8 Å². The van der Waals surface area contributed by atoms with Crippen molar-refractivity contribution in [3.63, 3.8) is 0 Å². The number of hydrogen-bond acceptors (Lipinski definition) is 4. The highest BCUT2D eigenvalue weighted by Gasteiger charge is 2.15. The number of carbonyl (C=O) groups is 2. The van der Waals surface area contributed by atoms with Gasteiger partial charge < -0.3 is 15.6 Å². The van der Waals surface area contributed by atoms with Gasteiger partial charge in [0.05, 0.1) is 6.61 Å². The fourth-order valence-electron chi connectivity index (χ4n) is 0.707. The number of rotatable bonds is 6. The SMILES string of the molecule is CCCOC(=O)[C@@H](N)CCC(=O)O. The smallest absolute Gasteiger partial charge is 0.322 e. The Kier molecular flexibility index (Phi) is 5.88. The van der Waals surface area contributed by atoms with Crippen LogP contribution in [0.3, 0.4) is 0 Å². The van der Waals surface area contributed by atoms with Gasteiger partial charge in [-0.1, -0.05) is 6.92 Å². The summed E-state index contributed by atoms with van der Waals surface area (Å²) >= 11 is 0. The third-order valence-electron chi connectivity index (χ3n) is 1.42. The second-order valence-corrected chi connectivity index (χ2v) is 2.71. The molecule has 5 heteroatoms. The Morgan fingerprint density at radius 1 is 1.54 bits per heavy atom. The average molecular weight is 189 g/mol. The zero-order chi connectivity index (χ0) is 10.3. The van der Waals surface area contributed by atoms with Crippen LogP contribution in [0.1, 0.15) is 26.2 Å². The summed E-state index contributed by atoms with van der Waals surface area (Å²) in [7, 11) is 0. The molecule has 13 heavy (non-hydrogen) atoms. The Hall–Kier alpha value is -1.10. The van der Waals surface area contributed by atoms with Crippen molar-refractivity contribution in [3.8, 4) is 0 Å². The van der Waals surface area contributed by atoms with Crippen LogP contribution in [0.4, 0.5) is 0 Å². The Bertz CT molecular complexity index is 181. The number of ether oxygens (including phenoxy) is 1. The third kappa shape index (κ3) is 6.10. The molecule has 0 aliphatic heterocycles. The number of esters is 1. The van der Waals surface area contributed by atoms with Crippen molar-refractivity contribution in [2.24, 2.45) is 5.73 Å². The summed E-state index contributed by atoms with van der Waals surface area (Å²) < 4.78 is 4.73. The van der Waals surface area contributed by atoms with Crippen LogP contribution in [0.2, 0.25) is 0 Å². The van der Waals surface area contributed by atoms with E-state index in [9.17, 15) is 9.59 Å². The maximum absolute atomic E-state index is 11.0. The van der Waals surface area contributed by atoms with Gasteiger partial charge in [-0.3, -0.25) is 9.59 Å². The Morgan fingerprint density at radius 2 is 2.15 bits per heavy atom. The minimum absolute atomic E-state index is 0.109. The predicted octanol–water partition coefficient (Wildman–Crippen LogP) is 0.132. The zero-order valence-electron chi connectivity index (χ0n) is 7.66. The van der Waals surface area contributed by atoms with E-state index in [2.05, 4.69) is 0 Å². The zero-order valence-corrected chi connectivity index (χ0v) is 7.66. The van der Waals surface area contributed by atoms with Gasteiger partial charge in [0.25, 0.3) is 0 Å². The molecule has 3 N–H and O–H groups in total. The van der Waals surface area contributed by atoms with Gasteiger partial charge in [-0.05, 0) is 12.8 Å². The normalized spacial score (nSPS) is 12.2. The van der Waals surface area contributed by atoms with Gasteiger partial charge >= 0.3 is 11.9 Å². The van der Waals surface area contributed by atoms with Gasteiger partial charge in [-0.25, -0.2) is 0 Å².